The Hall–Kier alpha value is -0.0900. The molecule has 0 saturated carbocycles. The Morgan fingerprint density at radius 1 is 1.50 bits per heavy atom. The van der Waals surface area contributed by atoms with Crippen molar-refractivity contribution >= 4 is 10.1 Å². The third kappa shape index (κ3) is 1.32. The molecule has 0 radical (unpaired) electrons. The third-order valence-corrected chi connectivity index (χ3v) is 3.57. The van der Waals surface area contributed by atoms with E-state index in [0.29, 0.717) is 0 Å². The predicted octanol–water partition coefficient (Wildman–Crippen LogP) is 0.761. The van der Waals surface area contributed by atoms with Crippen molar-refractivity contribution in [2.24, 2.45) is 5.92 Å². The summed E-state index contributed by atoms with van der Waals surface area (Å²) in [6, 6.07) is 0. The summed E-state index contributed by atoms with van der Waals surface area (Å²) in [4.78, 5) is 0. The van der Waals surface area contributed by atoms with Crippen molar-refractivity contribution < 1.29 is 12.6 Å². The fraction of sp³-hybridized carbons (Fsp3) is 1.00. The summed E-state index contributed by atoms with van der Waals surface area (Å²) in [5.41, 5.74) is -0.501. The molecule has 0 bridgehead atoms. The zero-order valence-corrected chi connectivity index (χ0v) is 7.23. The monoisotopic (exact) mass is 164 g/mol. The van der Waals surface area contributed by atoms with E-state index in [-0.39, 0.29) is 11.7 Å². The number of hydrogen-bond acceptors (Lipinski definition) is 3. The second-order valence-electron chi connectivity index (χ2n) is 3.31. The Morgan fingerprint density at radius 2 is 2.00 bits per heavy atom. The van der Waals surface area contributed by atoms with Gasteiger partial charge in [0.05, 0.1) is 11.4 Å². The number of rotatable bonds is 0. The molecule has 0 aromatic heterocycles. The van der Waals surface area contributed by atoms with E-state index in [1.165, 1.54) is 0 Å². The molecule has 1 unspecified atom stereocenters. The van der Waals surface area contributed by atoms with Gasteiger partial charge in [0, 0.05) is 5.92 Å². The molecule has 1 saturated heterocycles. The Morgan fingerprint density at radius 3 is 2.10 bits per heavy atom. The first-order chi connectivity index (χ1) is 4.33. The molecule has 1 rings (SSSR count). The maximum Gasteiger partial charge on any atom is 0.268 e. The quantitative estimate of drug-likeness (QED) is 0.496. The summed E-state index contributed by atoms with van der Waals surface area (Å²) in [6.45, 7) is 5.47. The first-order valence-electron chi connectivity index (χ1n) is 3.27. The molecule has 1 fully saturated rings. The zero-order valence-electron chi connectivity index (χ0n) is 6.42. The van der Waals surface area contributed by atoms with Gasteiger partial charge in [-0.05, 0) is 13.8 Å². The highest BCUT2D eigenvalue weighted by molar-refractivity contribution is 7.87. The van der Waals surface area contributed by atoms with Gasteiger partial charge < -0.3 is 0 Å². The Bertz CT molecular complexity index is 227. The highest BCUT2D eigenvalue weighted by Gasteiger charge is 2.42. The van der Waals surface area contributed by atoms with Crippen LogP contribution < -0.4 is 0 Å². The summed E-state index contributed by atoms with van der Waals surface area (Å²) in [5, 5.41) is 0. The highest BCUT2D eigenvalue weighted by Crippen LogP contribution is 2.31. The first-order valence-corrected chi connectivity index (χ1v) is 4.84. The lowest BCUT2D eigenvalue weighted by Gasteiger charge is -2.18. The van der Waals surface area contributed by atoms with Crippen LogP contribution in [0.25, 0.3) is 0 Å². The molecule has 1 heterocycles. The standard InChI is InChI=1S/C6H12O3S/c1-5-4-10(7,8)9-6(5,2)3/h5H,4H2,1-3H3. The predicted molar refractivity (Wildman–Crippen MR) is 38.1 cm³/mol. The van der Waals surface area contributed by atoms with Gasteiger partial charge in [-0.2, -0.15) is 8.42 Å². The SMILES string of the molecule is CC1CS(=O)(=O)OC1(C)C. The Labute approximate surface area is 61.5 Å². The van der Waals surface area contributed by atoms with Crippen molar-refractivity contribution in [1.82, 2.24) is 0 Å². The maximum atomic E-state index is 10.8. The van der Waals surface area contributed by atoms with Gasteiger partial charge in [0.1, 0.15) is 0 Å². The molecule has 0 aromatic carbocycles. The summed E-state index contributed by atoms with van der Waals surface area (Å²) in [5.74, 6) is 0.248. The lowest BCUT2D eigenvalue weighted by Crippen LogP contribution is -2.25. The lowest BCUT2D eigenvalue weighted by molar-refractivity contribution is 0.100. The minimum absolute atomic E-state index is 0.0949. The van der Waals surface area contributed by atoms with Crippen LogP contribution in [0.5, 0.6) is 0 Å². The minimum Gasteiger partial charge on any atom is -0.264 e. The second-order valence-corrected chi connectivity index (χ2v) is 4.93. The van der Waals surface area contributed by atoms with Crippen LogP contribution in [0.1, 0.15) is 20.8 Å². The van der Waals surface area contributed by atoms with Crippen LogP contribution in [0, 0.1) is 5.92 Å². The average molecular weight is 164 g/mol. The van der Waals surface area contributed by atoms with Crippen molar-refractivity contribution in [1.29, 1.82) is 0 Å². The van der Waals surface area contributed by atoms with E-state index in [4.69, 9.17) is 4.18 Å². The molecule has 1 aliphatic heterocycles. The molecule has 60 valence electrons. The Kier molecular flexibility index (Phi) is 1.56. The van der Waals surface area contributed by atoms with Crippen LogP contribution in [0.15, 0.2) is 0 Å². The fourth-order valence-corrected chi connectivity index (χ4v) is 2.85. The Balaban J connectivity index is 2.92. The first kappa shape index (κ1) is 8.01. The third-order valence-electron chi connectivity index (χ3n) is 1.98. The van der Waals surface area contributed by atoms with Crippen molar-refractivity contribution in [3.05, 3.63) is 0 Å². The average Bonchev–Trinajstić information content (AvgIpc) is 1.73. The highest BCUT2D eigenvalue weighted by atomic mass is 32.2. The van der Waals surface area contributed by atoms with E-state index in [2.05, 4.69) is 0 Å². The van der Waals surface area contributed by atoms with Gasteiger partial charge in [0.15, 0.2) is 0 Å². The van der Waals surface area contributed by atoms with Crippen LogP contribution in [0.2, 0.25) is 0 Å². The van der Waals surface area contributed by atoms with Crippen LogP contribution in [-0.2, 0) is 14.3 Å². The smallest absolute Gasteiger partial charge is 0.264 e. The van der Waals surface area contributed by atoms with E-state index >= 15 is 0 Å². The topological polar surface area (TPSA) is 43.4 Å². The van der Waals surface area contributed by atoms with E-state index in [1.54, 1.807) is 13.8 Å². The molecule has 10 heavy (non-hydrogen) atoms. The second kappa shape index (κ2) is 1.95. The molecule has 1 atom stereocenters. The minimum atomic E-state index is -3.20. The van der Waals surface area contributed by atoms with E-state index in [1.807, 2.05) is 6.92 Å². The van der Waals surface area contributed by atoms with Gasteiger partial charge in [-0.1, -0.05) is 6.92 Å². The molecule has 0 amide bonds. The zero-order chi connectivity index (χ0) is 7.99. The summed E-state index contributed by atoms with van der Waals surface area (Å²) in [7, 11) is -3.20. The molecule has 0 aliphatic carbocycles. The van der Waals surface area contributed by atoms with Gasteiger partial charge >= 0.3 is 0 Å². The molecular formula is C6H12O3S. The van der Waals surface area contributed by atoms with Crippen LogP contribution in [0.4, 0.5) is 0 Å². The van der Waals surface area contributed by atoms with Crippen molar-refractivity contribution in [2.75, 3.05) is 5.75 Å². The molecule has 0 N–H and O–H groups in total. The molecule has 1 aliphatic rings. The van der Waals surface area contributed by atoms with Gasteiger partial charge in [0.2, 0.25) is 0 Å². The number of hydrogen-bond donors (Lipinski definition) is 0. The van der Waals surface area contributed by atoms with Gasteiger partial charge in [0.25, 0.3) is 10.1 Å². The molecule has 0 aromatic rings. The molecule has 0 spiro atoms. The van der Waals surface area contributed by atoms with Gasteiger partial charge in [-0.15, -0.1) is 0 Å². The van der Waals surface area contributed by atoms with Crippen molar-refractivity contribution in [3.8, 4) is 0 Å². The lowest BCUT2D eigenvalue weighted by atomic mass is 9.95. The maximum absolute atomic E-state index is 10.8. The molecule has 4 heteroatoms. The molecular weight excluding hydrogens is 152 g/mol. The van der Waals surface area contributed by atoms with E-state index in [9.17, 15) is 8.42 Å². The van der Waals surface area contributed by atoms with Gasteiger partial charge in [-0.3, -0.25) is 4.18 Å². The van der Waals surface area contributed by atoms with Crippen molar-refractivity contribution in [2.45, 2.75) is 26.4 Å². The molecule has 3 nitrogen and oxygen atoms in total. The summed E-state index contributed by atoms with van der Waals surface area (Å²) < 4.78 is 26.5. The van der Waals surface area contributed by atoms with Crippen LogP contribution in [-0.4, -0.2) is 19.8 Å². The van der Waals surface area contributed by atoms with Crippen LogP contribution >= 0.6 is 0 Å². The summed E-state index contributed by atoms with van der Waals surface area (Å²) in [6.07, 6.45) is 0. The summed E-state index contributed by atoms with van der Waals surface area (Å²) >= 11 is 0. The van der Waals surface area contributed by atoms with E-state index < -0.39 is 15.7 Å². The largest absolute Gasteiger partial charge is 0.268 e. The van der Waals surface area contributed by atoms with E-state index in [0.717, 1.165) is 0 Å². The van der Waals surface area contributed by atoms with Gasteiger partial charge in [-0.25, -0.2) is 0 Å². The van der Waals surface area contributed by atoms with Crippen molar-refractivity contribution in [3.63, 3.8) is 0 Å². The van der Waals surface area contributed by atoms with Crippen LogP contribution in [0.3, 0.4) is 0 Å². The normalized spacial score (nSPS) is 36.1. The fourth-order valence-electron chi connectivity index (χ4n) is 0.950.